The Morgan fingerprint density at radius 2 is 2.16 bits per heavy atom. The van der Waals surface area contributed by atoms with E-state index in [0.717, 1.165) is 43.4 Å². The Bertz CT molecular complexity index is 567. The summed E-state index contributed by atoms with van der Waals surface area (Å²) in [6.45, 7) is 0.638. The highest BCUT2D eigenvalue weighted by molar-refractivity contribution is 5.77. The van der Waals surface area contributed by atoms with E-state index in [4.69, 9.17) is 0 Å². The molecule has 6 nitrogen and oxygen atoms in total. The molecule has 1 atom stereocenters. The van der Waals surface area contributed by atoms with Gasteiger partial charge in [-0.15, -0.1) is 0 Å². The van der Waals surface area contributed by atoms with E-state index < -0.39 is 12.0 Å². The normalized spacial score (nSPS) is 22.3. The zero-order valence-electron chi connectivity index (χ0n) is 10.7. The third-order valence-corrected chi connectivity index (χ3v) is 3.99. The van der Waals surface area contributed by atoms with E-state index in [-0.39, 0.29) is 5.56 Å². The second-order valence-corrected chi connectivity index (χ2v) is 5.21. The molecule has 2 heterocycles. The highest BCUT2D eigenvalue weighted by atomic mass is 16.4. The molecule has 1 aliphatic carbocycles. The van der Waals surface area contributed by atoms with Crippen LogP contribution in [0.5, 0.6) is 0 Å². The third kappa shape index (κ3) is 2.11. The first-order valence-electron chi connectivity index (χ1n) is 6.78. The quantitative estimate of drug-likeness (QED) is 0.820. The average Bonchev–Trinajstić information content (AvgIpc) is 2.87. The maximum Gasteiger partial charge on any atom is 0.326 e. The molecule has 0 radical (unpaired) electrons. The molecule has 2 aliphatic rings. The summed E-state index contributed by atoms with van der Waals surface area (Å²) in [5, 5.41) is 9.27. The van der Waals surface area contributed by atoms with Gasteiger partial charge < -0.3 is 10.0 Å². The number of rotatable bonds is 2. The lowest BCUT2D eigenvalue weighted by atomic mass is 10.0. The summed E-state index contributed by atoms with van der Waals surface area (Å²) in [7, 11) is 0. The molecule has 1 fully saturated rings. The summed E-state index contributed by atoms with van der Waals surface area (Å²) >= 11 is 0. The van der Waals surface area contributed by atoms with Crippen LogP contribution in [0.2, 0.25) is 0 Å². The third-order valence-electron chi connectivity index (χ3n) is 3.99. The van der Waals surface area contributed by atoms with Crippen molar-refractivity contribution in [2.24, 2.45) is 0 Å². The van der Waals surface area contributed by atoms with Crippen molar-refractivity contribution in [2.75, 3.05) is 11.4 Å². The molecule has 0 spiro atoms. The maximum atomic E-state index is 12.0. The molecular formula is C13H17N3O3. The van der Waals surface area contributed by atoms with Crippen LogP contribution in [-0.2, 0) is 17.6 Å². The molecule has 1 aliphatic heterocycles. The number of carboxylic acids is 1. The number of aryl methyl sites for hydroxylation is 1. The van der Waals surface area contributed by atoms with Crippen LogP contribution in [0.3, 0.4) is 0 Å². The van der Waals surface area contributed by atoms with Crippen molar-refractivity contribution in [1.29, 1.82) is 0 Å². The van der Waals surface area contributed by atoms with E-state index in [1.54, 1.807) is 4.90 Å². The molecular weight excluding hydrogens is 246 g/mol. The first-order valence-corrected chi connectivity index (χ1v) is 6.78. The van der Waals surface area contributed by atoms with Gasteiger partial charge in [0.15, 0.2) is 0 Å². The Morgan fingerprint density at radius 3 is 2.95 bits per heavy atom. The van der Waals surface area contributed by atoms with Gasteiger partial charge in [-0.3, -0.25) is 9.78 Å². The van der Waals surface area contributed by atoms with Crippen molar-refractivity contribution < 1.29 is 9.90 Å². The highest BCUT2D eigenvalue weighted by Crippen LogP contribution is 2.24. The lowest BCUT2D eigenvalue weighted by molar-refractivity contribution is -0.139. The number of anilines is 1. The zero-order valence-corrected chi connectivity index (χ0v) is 10.7. The minimum absolute atomic E-state index is 0.104. The molecule has 3 rings (SSSR count). The Labute approximate surface area is 110 Å². The lowest BCUT2D eigenvalue weighted by Crippen LogP contribution is -2.46. The molecule has 2 N–H and O–H groups in total. The van der Waals surface area contributed by atoms with Crippen LogP contribution >= 0.6 is 0 Å². The fourth-order valence-corrected chi connectivity index (χ4v) is 3.01. The second kappa shape index (κ2) is 4.68. The van der Waals surface area contributed by atoms with Crippen LogP contribution in [0.4, 0.5) is 5.95 Å². The van der Waals surface area contributed by atoms with Gasteiger partial charge in [0, 0.05) is 12.1 Å². The number of H-pyrrole nitrogens is 1. The summed E-state index contributed by atoms with van der Waals surface area (Å²) in [4.78, 5) is 32.2. The SMILES string of the molecule is O=C(O)C1CCCCN1c1nc2c(c(=O)[nH]1)CCC2. The van der Waals surface area contributed by atoms with Crippen LogP contribution < -0.4 is 10.5 Å². The first-order chi connectivity index (χ1) is 9.16. The number of hydrogen-bond acceptors (Lipinski definition) is 4. The molecule has 19 heavy (non-hydrogen) atoms. The van der Waals surface area contributed by atoms with Crippen molar-refractivity contribution in [3.8, 4) is 0 Å². The molecule has 0 saturated carbocycles. The molecule has 1 saturated heterocycles. The smallest absolute Gasteiger partial charge is 0.326 e. The zero-order chi connectivity index (χ0) is 13.4. The van der Waals surface area contributed by atoms with Crippen molar-refractivity contribution >= 4 is 11.9 Å². The lowest BCUT2D eigenvalue weighted by Gasteiger charge is -2.33. The number of nitrogens with zero attached hydrogens (tertiary/aromatic N) is 2. The predicted molar refractivity (Wildman–Crippen MR) is 69.5 cm³/mol. The van der Waals surface area contributed by atoms with Gasteiger partial charge in [-0.25, -0.2) is 9.78 Å². The van der Waals surface area contributed by atoms with Crippen molar-refractivity contribution in [3.63, 3.8) is 0 Å². The van der Waals surface area contributed by atoms with E-state index >= 15 is 0 Å². The van der Waals surface area contributed by atoms with Gasteiger partial charge in [-0.1, -0.05) is 0 Å². The van der Waals surface area contributed by atoms with E-state index in [1.165, 1.54) is 0 Å². The Morgan fingerprint density at radius 1 is 1.32 bits per heavy atom. The number of aromatic nitrogens is 2. The van der Waals surface area contributed by atoms with Crippen molar-refractivity contribution in [2.45, 2.75) is 44.6 Å². The molecule has 0 bridgehead atoms. The molecule has 6 heteroatoms. The summed E-state index contributed by atoms with van der Waals surface area (Å²) < 4.78 is 0. The van der Waals surface area contributed by atoms with Gasteiger partial charge in [0.1, 0.15) is 6.04 Å². The van der Waals surface area contributed by atoms with Crippen LogP contribution in [0.25, 0.3) is 0 Å². The molecule has 0 aromatic carbocycles. The molecule has 1 aromatic rings. The van der Waals surface area contributed by atoms with Gasteiger partial charge in [-0.05, 0) is 38.5 Å². The fourth-order valence-electron chi connectivity index (χ4n) is 3.01. The largest absolute Gasteiger partial charge is 0.480 e. The topological polar surface area (TPSA) is 86.3 Å². The summed E-state index contributed by atoms with van der Waals surface area (Å²) in [6.07, 6.45) is 5.00. The van der Waals surface area contributed by atoms with Crippen molar-refractivity contribution in [1.82, 2.24) is 9.97 Å². The minimum atomic E-state index is -0.845. The van der Waals surface area contributed by atoms with Gasteiger partial charge in [-0.2, -0.15) is 0 Å². The van der Waals surface area contributed by atoms with Gasteiger partial charge in [0.25, 0.3) is 5.56 Å². The number of carboxylic acid groups (broad SMARTS) is 1. The Hall–Kier alpha value is -1.85. The predicted octanol–water partition coefficient (Wildman–Crippen LogP) is 0.702. The number of hydrogen-bond donors (Lipinski definition) is 2. The van der Waals surface area contributed by atoms with Crippen LogP contribution in [0, 0.1) is 0 Å². The molecule has 1 unspecified atom stereocenters. The first kappa shape index (κ1) is 12.2. The number of piperidine rings is 1. The van der Waals surface area contributed by atoms with Crippen molar-refractivity contribution in [3.05, 3.63) is 21.6 Å². The van der Waals surface area contributed by atoms with Crippen LogP contribution in [0.15, 0.2) is 4.79 Å². The maximum absolute atomic E-state index is 12.0. The molecule has 102 valence electrons. The van der Waals surface area contributed by atoms with Gasteiger partial charge in [0.05, 0.1) is 5.69 Å². The standard InChI is InChI=1S/C13H17N3O3/c17-11-8-4-3-5-9(8)14-13(15-11)16-7-2-1-6-10(16)12(18)19/h10H,1-7H2,(H,18,19)(H,14,15,17). The number of aliphatic carboxylic acids is 1. The fraction of sp³-hybridized carbons (Fsp3) is 0.615. The monoisotopic (exact) mass is 263 g/mol. The summed E-state index contributed by atoms with van der Waals surface area (Å²) in [6, 6.07) is -0.573. The van der Waals surface area contributed by atoms with Gasteiger partial charge >= 0.3 is 5.97 Å². The average molecular weight is 263 g/mol. The summed E-state index contributed by atoms with van der Waals surface area (Å²) in [5.74, 6) is -0.416. The minimum Gasteiger partial charge on any atom is -0.480 e. The highest BCUT2D eigenvalue weighted by Gasteiger charge is 2.31. The van der Waals surface area contributed by atoms with E-state index in [1.807, 2.05) is 0 Å². The second-order valence-electron chi connectivity index (χ2n) is 5.21. The summed E-state index contributed by atoms with van der Waals surface area (Å²) in [5.41, 5.74) is 1.51. The van der Waals surface area contributed by atoms with E-state index in [0.29, 0.717) is 18.9 Å². The van der Waals surface area contributed by atoms with Crippen LogP contribution in [0.1, 0.15) is 36.9 Å². The van der Waals surface area contributed by atoms with Gasteiger partial charge in [0.2, 0.25) is 5.95 Å². The number of carbonyl (C=O) groups is 1. The number of nitrogens with one attached hydrogen (secondary N) is 1. The number of fused-ring (bicyclic) bond motifs is 1. The molecule has 0 amide bonds. The Balaban J connectivity index is 1.99. The molecule has 1 aromatic heterocycles. The van der Waals surface area contributed by atoms with E-state index in [2.05, 4.69) is 9.97 Å². The Kier molecular flexibility index (Phi) is 3.00. The van der Waals surface area contributed by atoms with E-state index in [9.17, 15) is 14.7 Å². The van der Waals surface area contributed by atoms with Crippen LogP contribution in [-0.4, -0.2) is 33.6 Å². The number of aromatic amines is 1.